The molecule has 0 saturated carbocycles. The molecule has 30 heavy (non-hydrogen) atoms. The molecule has 154 valence electrons. The molecule has 2 heterocycles. The van der Waals surface area contributed by atoms with E-state index < -0.39 is 0 Å². The van der Waals surface area contributed by atoms with Crippen LogP contribution in [-0.2, 0) is 0 Å². The molecule has 2 aromatic carbocycles. The van der Waals surface area contributed by atoms with Crippen LogP contribution in [0.1, 0.15) is 48.5 Å². The molecule has 0 unspecified atom stereocenters. The van der Waals surface area contributed by atoms with Gasteiger partial charge in [-0.1, -0.05) is 56.0 Å². The smallest absolute Gasteiger partial charge is 0.257 e. The Hall–Kier alpha value is -3.41. The van der Waals surface area contributed by atoms with Gasteiger partial charge < -0.3 is 11.1 Å². The van der Waals surface area contributed by atoms with E-state index in [0.29, 0.717) is 29.1 Å². The maximum absolute atomic E-state index is 13.1. The van der Waals surface area contributed by atoms with E-state index in [-0.39, 0.29) is 5.91 Å². The number of amides is 1. The Bertz CT molecular complexity index is 1190. The minimum atomic E-state index is -0.204. The van der Waals surface area contributed by atoms with Gasteiger partial charge in [-0.3, -0.25) is 9.36 Å². The Labute approximate surface area is 176 Å². The van der Waals surface area contributed by atoms with Gasteiger partial charge in [-0.15, -0.1) is 0 Å². The molecule has 0 spiro atoms. The summed E-state index contributed by atoms with van der Waals surface area (Å²) in [5.41, 5.74) is 11.5. The molecule has 0 saturated heterocycles. The molecule has 6 nitrogen and oxygen atoms in total. The second-order valence-electron chi connectivity index (χ2n) is 7.63. The van der Waals surface area contributed by atoms with E-state index in [4.69, 9.17) is 15.7 Å². The monoisotopic (exact) mass is 401 g/mol. The molecule has 4 aromatic rings. The number of benzene rings is 2. The fourth-order valence-corrected chi connectivity index (χ4v) is 3.68. The summed E-state index contributed by atoms with van der Waals surface area (Å²) in [4.78, 5) is 22.6. The van der Waals surface area contributed by atoms with E-state index in [1.165, 1.54) is 6.42 Å². The van der Waals surface area contributed by atoms with Crippen LogP contribution in [0.2, 0.25) is 0 Å². The molecule has 2 aromatic heterocycles. The summed E-state index contributed by atoms with van der Waals surface area (Å²) in [6.45, 7) is 4.82. The molecule has 0 radical (unpaired) electrons. The third-order valence-electron chi connectivity index (χ3n) is 5.33. The summed E-state index contributed by atoms with van der Waals surface area (Å²) in [7, 11) is 0. The number of rotatable bonds is 7. The number of hydrogen-bond acceptors (Lipinski definition) is 4. The molecule has 3 N–H and O–H groups in total. The van der Waals surface area contributed by atoms with E-state index in [9.17, 15) is 4.79 Å². The van der Waals surface area contributed by atoms with Crippen molar-refractivity contribution >= 4 is 33.9 Å². The van der Waals surface area contributed by atoms with E-state index >= 15 is 0 Å². The number of nitrogens with two attached hydrogens (primary N) is 1. The normalized spacial score (nSPS) is 11.3. The summed E-state index contributed by atoms with van der Waals surface area (Å²) >= 11 is 0. The molecule has 0 aliphatic carbocycles. The number of aryl methyl sites for hydroxylation is 1. The van der Waals surface area contributed by atoms with Crippen LogP contribution in [0.25, 0.3) is 27.9 Å². The first-order valence-corrected chi connectivity index (χ1v) is 10.5. The summed E-state index contributed by atoms with van der Waals surface area (Å²) in [6.07, 6.45) is 4.38. The molecule has 6 heteroatoms. The number of anilines is 1. The maximum Gasteiger partial charge on any atom is 0.257 e. The highest BCUT2D eigenvalue weighted by Crippen LogP contribution is 2.31. The first-order chi connectivity index (χ1) is 14.6. The van der Waals surface area contributed by atoms with Gasteiger partial charge in [0.15, 0.2) is 5.65 Å². The Morgan fingerprint density at radius 1 is 1.00 bits per heavy atom. The number of hydrogen-bond donors (Lipinski definition) is 2. The quantitative estimate of drug-likeness (QED) is 0.437. The molecule has 1 amide bonds. The van der Waals surface area contributed by atoms with Gasteiger partial charge in [-0.25, -0.2) is 9.97 Å². The fraction of sp³-hybridized carbons (Fsp3) is 0.292. The minimum absolute atomic E-state index is 0.204. The van der Waals surface area contributed by atoms with Gasteiger partial charge in [0.1, 0.15) is 16.9 Å². The number of unbranched alkanes of at least 4 members (excludes halogenated alkanes) is 3. The number of fused-ring (bicyclic) bond motifs is 2. The number of carbonyl (C=O) groups is 1. The van der Waals surface area contributed by atoms with Gasteiger partial charge in [0, 0.05) is 12.2 Å². The van der Waals surface area contributed by atoms with Gasteiger partial charge >= 0.3 is 0 Å². The van der Waals surface area contributed by atoms with E-state index in [0.717, 1.165) is 41.5 Å². The van der Waals surface area contributed by atoms with Crippen LogP contribution < -0.4 is 11.1 Å². The lowest BCUT2D eigenvalue weighted by molar-refractivity contribution is 0.0955. The standard InChI is InChI=1S/C24H27N5O/c1-3-4-5-8-15-26-24(30)20-21-23(28-19-10-7-6-9-18(19)27-21)29(22(20)25)17-13-11-16(2)12-14-17/h6-7,9-14H,3-5,8,15,25H2,1-2H3,(H,26,30). The van der Waals surface area contributed by atoms with Gasteiger partial charge in [-0.05, 0) is 37.6 Å². The van der Waals surface area contributed by atoms with Crippen molar-refractivity contribution in [1.82, 2.24) is 19.9 Å². The predicted molar refractivity (Wildman–Crippen MR) is 122 cm³/mol. The summed E-state index contributed by atoms with van der Waals surface area (Å²) in [5, 5.41) is 3.01. The Balaban J connectivity index is 1.82. The van der Waals surface area contributed by atoms with E-state index in [1.54, 1.807) is 0 Å². The maximum atomic E-state index is 13.1. The average molecular weight is 402 g/mol. The lowest BCUT2D eigenvalue weighted by Gasteiger charge is -2.08. The number of nitrogens with zero attached hydrogens (tertiary/aromatic N) is 3. The second-order valence-corrected chi connectivity index (χ2v) is 7.63. The largest absolute Gasteiger partial charge is 0.384 e. The summed E-state index contributed by atoms with van der Waals surface area (Å²) < 4.78 is 1.82. The van der Waals surface area contributed by atoms with Crippen LogP contribution in [0, 0.1) is 6.92 Å². The number of para-hydroxylation sites is 2. The molecule has 0 bridgehead atoms. The van der Waals surface area contributed by atoms with Crippen LogP contribution in [0.15, 0.2) is 48.5 Å². The molecular weight excluding hydrogens is 374 g/mol. The van der Waals surface area contributed by atoms with Crippen LogP contribution >= 0.6 is 0 Å². The second kappa shape index (κ2) is 8.53. The number of aromatic nitrogens is 3. The lowest BCUT2D eigenvalue weighted by atomic mass is 10.2. The third-order valence-corrected chi connectivity index (χ3v) is 5.33. The van der Waals surface area contributed by atoms with Crippen molar-refractivity contribution in [2.45, 2.75) is 39.5 Å². The van der Waals surface area contributed by atoms with Gasteiger partial charge in [0.05, 0.1) is 11.0 Å². The van der Waals surface area contributed by atoms with E-state index in [2.05, 4.69) is 12.2 Å². The Kier molecular flexibility index (Phi) is 5.65. The zero-order valence-corrected chi connectivity index (χ0v) is 17.5. The zero-order chi connectivity index (χ0) is 21.1. The van der Waals surface area contributed by atoms with E-state index in [1.807, 2.05) is 60.0 Å². The molecular formula is C24H27N5O. The topological polar surface area (TPSA) is 85.8 Å². The highest BCUT2D eigenvalue weighted by atomic mass is 16.1. The van der Waals surface area contributed by atoms with Crippen LogP contribution in [0.4, 0.5) is 5.82 Å². The van der Waals surface area contributed by atoms with Crippen molar-refractivity contribution in [3.05, 3.63) is 59.7 Å². The van der Waals surface area contributed by atoms with Gasteiger partial charge in [0.2, 0.25) is 0 Å². The number of nitrogen functional groups attached to an aromatic ring is 1. The van der Waals surface area contributed by atoms with Crippen molar-refractivity contribution in [1.29, 1.82) is 0 Å². The molecule has 0 atom stereocenters. The minimum Gasteiger partial charge on any atom is -0.384 e. The number of carbonyl (C=O) groups excluding carboxylic acids is 1. The zero-order valence-electron chi connectivity index (χ0n) is 17.5. The van der Waals surface area contributed by atoms with Crippen LogP contribution in [-0.4, -0.2) is 27.0 Å². The van der Waals surface area contributed by atoms with Crippen molar-refractivity contribution in [3.63, 3.8) is 0 Å². The van der Waals surface area contributed by atoms with Crippen molar-refractivity contribution in [3.8, 4) is 5.69 Å². The third kappa shape index (κ3) is 3.73. The molecule has 0 aliphatic rings. The first kappa shape index (κ1) is 19.9. The van der Waals surface area contributed by atoms with Crippen molar-refractivity contribution in [2.24, 2.45) is 0 Å². The Morgan fingerprint density at radius 2 is 1.70 bits per heavy atom. The molecule has 0 fully saturated rings. The fourth-order valence-electron chi connectivity index (χ4n) is 3.68. The first-order valence-electron chi connectivity index (χ1n) is 10.5. The molecule has 0 aliphatic heterocycles. The Morgan fingerprint density at radius 3 is 2.40 bits per heavy atom. The van der Waals surface area contributed by atoms with Gasteiger partial charge in [-0.2, -0.15) is 0 Å². The average Bonchev–Trinajstić information content (AvgIpc) is 3.03. The van der Waals surface area contributed by atoms with Crippen molar-refractivity contribution in [2.75, 3.05) is 12.3 Å². The van der Waals surface area contributed by atoms with Crippen LogP contribution in [0.5, 0.6) is 0 Å². The summed E-state index contributed by atoms with van der Waals surface area (Å²) in [5.74, 6) is 0.152. The van der Waals surface area contributed by atoms with Crippen LogP contribution in [0.3, 0.4) is 0 Å². The molecule has 4 rings (SSSR count). The number of nitrogens with one attached hydrogen (secondary N) is 1. The van der Waals surface area contributed by atoms with Crippen molar-refractivity contribution < 1.29 is 4.79 Å². The lowest BCUT2D eigenvalue weighted by Crippen LogP contribution is -2.25. The highest BCUT2D eigenvalue weighted by molar-refractivity contribution is 6.11. The highest BCUT2D eigenvalue weighted by Gasteiger charge is 2.24. The summed E-state index contributed by atoms with van der Waals surface area (Å²) in [6, 6.07) is 15.6. The predicted octanol–water partition coefficient (Wildman–Crippen LogP) is 4.77. The SMILES string of the molecule is CCCCCCNC(=O)c1c(N)n(-c2ccc(C)cc2)c2nc3ccccc3nc12. The van der Waals surface area contributed by atoms with Gasteiger partial charge in [0.25, 0.3) is 5.91 Å².